The molecule has 2 aliphatic rings. The fraction of sp³-hybridized carbons (Fsp3) is 0.432. The Morgan fingerprint density at radius 2 is 1.34 bits per heavy atom. The van der Waals surface area contributed by atoms with Crippen LogP contribution in [0.2, 0.25) is 0 Å². The molecule has 0 spiro atoms. The van der Waals surface area contributed by atoms with Crippen LogP contribution in [0, 0.1) is 34.3 Å². The molecule has 0 saturated carbocycles. The number of hydrogen-bond acceptors (Lipinski definition) is 7. The molecule has 2 heterocycles. The monoisotopic (exact) mass is 641 g/mol. The van der Waals surface area contributed by atoms with E-state index in [1.165, 1.54) is 24.3 Å². The minimum atomic E-state index is -0.351. The summed E-state index contributed by atoms with van der Waals surface area (Å²) in [5, 5.41) is 21.3. The lowest BCUT2D eigenvalue weighted by atomic mass is 10.0. The van der Waals surface area contributed by atoms with Crippen LogP contribution < -0.4 is 10.2 Å². The SMILES string of the molecule is CCN(CC)C(=O)c1ccc(N(c2cc(C#N)ccc2F)C2CCN(C)CC2)cc1.CN1CCC(Nc2cc(C#N)ccc2F)CC1. The van der Waals surface area contributed by atoms with Gasteiger partial charge in [-0.15, -0.1) is 0 Å². The average molecular weight is 642 g/mol. The van der Waals surface area contributed by atoms with Crippen molar-refractivity contribution < 1.29 is 13.6 Å². The van der Waals surface area contributed by atoms with E-state index in [0.717, 1.165) is 57.5 Å². The summed E-state index contributed by atoms with van der Waals surface area (Å²) in [5.74, 6) is -0.644. The maximum atomic E-state index is 14.9. The van der Waals surface area contributed by atoms with Crippen molar-refractivity contribution in [2.75, 3.05) is 63.6 Å². The fourth-order valence-electron chi connectivity index (χ4n) is 6.10. The molecule has 2 saturated heterocycles. The predicted molar refractivity (Wildman–Crippen MR) is 183 cm³/mol. The minimum Gasteiger partial charge on any atom is -0.380 e. The number of rotatable bonds is 8. The van der Waals surface area contributed by atoms with Gasteiger partial charge >= 0.3 is 0 Å². The molecule has 0 aromatic heterocycles. The summed E-state index contributed by atoms with van der Waals surface area (Å²) in [4.78, 5) is 20.9. The van der Waals surface area contributed by atoms with Crippen LogP contribution in [0.3, 0.4) is 0 Å². The Balaban J connectivity index is 0.000000248. The van der Waals surface area contributed by atoms with Gasteiger partial charge in [0.1, 0.15) is 11.6 Å². The molecule has 2 fully saturated rings. The summed E-state index contributed by atoms with van der Waals surface area (Å²) in [6.07, 6.45) is 3.80. The van der Waals surface area contributed by atoms with Gasteiger partial charge in [0.25, 0.3) is 5.91 Å². The molecule has 0 radical (unpaired) electrons. The quantitative estimate of drug-likeness (QED) is 0.296. The van der Waals surface area contributed by atoms with Crippen LogP contribution in [-0.2, 0) is 0 Å². The molecule has 2 aliphatic heterocycles. The van der Waals surface area contributed by atoms with Crippen molar-refractivity contribution in [2.45, 2.75) is 51.6 Å². The molecule has 8 nitrogen and oxygen atoms in total. The van der Waals surface area contributed by atoms with Crippen LogP contribution in [0.15, 0.2) is 60.7 Å². The predicted octanol–water partition coefficient (Wildman–Crippen LogP) is 6.62. The normalized spacial score (nSPS) is 15.9. The molecule has 248 valence electrons. The third-order valence-corrected chi connectivity index (χ3v) is 9.00. The number of carbonyl (C=O) groups is 1. The second-order valence-electron chi connectivity index (χ2n) is 12.2. The number of nitrogens with one attached hydrogen (secondary N) is 1. The lowest BCUT2D eigenvalue weighted by Gasteiger charge is -2.39. The van der Waals surface area contributed by atoms with Gasteiger partial charge in [0, 0.05) is 36.4 Å². The molecule has 1 amide bonds. The Kier molecular flexibility index (Phi) is 12.7. The summed E-state index contributed by atoms with van der Waals surface area (Å²) in [6.45, 7) is 9.15. The van der Waals surface area contributed by atoms with Gasteiger partial charge in [-0.25, -0.2) is 8.78 Å². The summed E-state index contributed by atoms with van der Waals surface area (Å²) in [7, 11) is 4.18. The molecule has 5 rings (SSSR count). The van der Waals surface area contributed by atoms with E-state index in [2.05, 4.69) is 35.3 Å². The number of amides is 1. The number of carbonyl (C=O) groups excluding carboxylic acids is 1. The Hall–Kier alpha value is -4.51. The summed E-state index contributed by atoms with van der Waals surface area (Å²) < 4.78 is 28.4. The van der Waals surface area contributed by atoms with Crippen LogP contribution in [0.1, 0.15) is 61.0 Å². The van der Waals surface area contributed by atoms with Gasteiger partial charge < -0.3 is 24.9 Å². The Morgan fingerprint density at radius 3 is 1.89 bits per heavy atom. The summed E-state index contributed by atoms with van der Waals surface area (Å²) in [5.41, 5.74) is 3.22. The number of hydrogen-bond donors (Lipinski definition) is 1. The molecule has 10 heteroatoms. The van der Waals surface area contributed by atoms with Gasteiger partial charge in [-0.2, -0.15) is 10.5 Å². The first-order valence-electron chi connectivity index (χ1n) is 16.4. The highest BCUT2D eigenvalue weighted by atomic mass is 19.1. The van der Waals surface area contributed by atoms with Gasteiger partial charge in [0.05, 0.1) is 34.6 Å². The van der Waals surface area contributed by atoms with Gasteiger partial charge in [-0.05, 0) is 140 Å². The Labute approximate surface area is 277 Å². The van der Waals surface area contributed by atoms with Crippen LogP contribution in [0.4, 0.5) is 25.8 Å². The van der Waals surface area contributed by atoms with Crippen molar-refractivity contribution in [2.24, 2.45) is 0 Å². The van der Waals surface area contributed by atoms with Crippen molar-refractivity contribution in [3.63, 3.8) is 0 Å². The Bertz CT molecular complexity index is 1560. The third kappa shape index (κ3) is 9.28. The summed E-state index contributed by atoms with van der Waals surface area (Å²) in [6, 6.07) is 20.8. The zero-order valence-electron chi connectivity index (χ0n) is 27.8. The van der Waals surface area contributed by atoms with E-state index in [0.29, 0.717) is 47.2 Å². The smallest absolute Gasteiger partial charge is 0.253 e. The van der Waals surface area contributed by atoms with E-state index in [-0.39, 0.29) is 23.6 Å². The van der Waals surface area contributed by atoms with Gasteiger partial charge in [0.15, 0.2) is 0 Å². The van der Waals surface area contributed by atoms with Crippen LogP contribution >= 0.6 is 0 Å². The van der Waals surface area contributed by atoms with Crippen molar-refractivity contribution in [3.8, 4) is 12.1 Å². The van der Waals surface area contributed by atoms with Crippen LogP contribution in [0.25, 0.3) is 0 Å². The first-order chi connectivity index (χ1) is 22.7. The highest BCUT2D eigenvalue weighted by Crippen LogP contribution is 2.34. The van der Waals surface area contributed by atoms with Gasteiger partial charge in [-0.3, -0.25) is 4.79 Å². The maximum absolute atomic E-state index is 14.9. The van der Waals surface area contributed by atoms with Crippen molar-refractivity contribution in [1.82, 2.24) is 14.7 Å². The largest absolute Gasteiger partial charge is 0.380 e. The highest BCUT2D eigenvalue weighted by molar-refractivity contribution is 5.94. The number of anilines is 3. The molecule has 0 atom stereocenters. The van der Waals surface area contributed by atoms with E-state index in [1.807, 2.05) is 49.1 Å². The molecule has 3 aromatic rings. The first kappa shape index (κ1) is 35.3. The molecular formula is C37H45F2N7O. The molecule has 0 aliphatic carbocycles. The number of nitriles is 2. The fourth-order valence-corrected chi connectivity index (χ4v) is 6.10. The van der Waals surface area contributed by atoms with Gasteiger partial charge in [-0.1, -0.05) is 0 Å². The van der Waals surface area contributed by atoms with Crippen molar-refractivity contribution in [3.05, 3.63) is 89.0 Å². The van der Waals surface area contributed by atoms with Crippen molar-refractivity contribution >= 4 is 23.0 Å². The van der Waals surface area contributed by atoms with Crippen molar-refractivity contribution in [1.29, 1.82) is 10.5 Å². The lowest BCUT2D eigenvalue weighted by molar-refractivity contribution is 0.0773. The molecule has 0 unspecified atom stereocenters. The van der Waals surface area contributed by atoms with Crippen LogP contribution in [-0.4, -0.2) is 86.1 Å². The zero-order valence-corrected chi connectivity index (χ0v) is 27.8. The molecular weight excluding hydrogens is 596 g/mol. The second-order valence-corrected chi connectivity index (χ2v) is 12.2. The first-order valence-corrected chi connectivity index (χ1v) is 16.4. The average Bonchev–Trinajstić information content (AvgIpc) is 3.09. The number of benzene rings is 3. The second kappa shape index (κ2) is 16.9. The summed E-state index contributed by atoms with van der Waals surface area (Å²) >= 11 is 0. The van der Waals surface area contributed by atoms with E-state index in [4.69, 9.17) is 5.26 Å². The number of likely N-dealkylation sites (tertiary alicyclic amines) is 2. The van der Waals surface area contributed by atoms with Gasteiger partial charge in [0.2, 0.25) is 0 Å². The third-order valence-electron chi connectivity index (χ3n) is 9.00. The van der Waals surface area contributed by atoms with E-state index in [1.54, 1.807) is 17.0 Å². The number of nitrogens with zero attached hydrogens (tertiary/aromatic N) is 6. The topological polar surface area (TPSA) is 89.6 Å². The van der Waals surface area contributed by atoms with E-state index in [9.17, 15) is 18.8 Å². The maximum Gasteiger partial charge on any atom is 0.253 e. The lowest BCUT2D eigenvalue weighted by Crippen LogP contribution is -2.42. The molecule has 1 N–H and O–H groups in total. The molecule has 3 aromatic carbocycles. The standard InChI is InChI=1S/C24H29FN4O.C13H16FN3/c1-4-28(5-2)24(30)19-7-9-20(10-8-19)29(21-12-14-27(3)15-13-21)23-16-18(17-26)6-11-22(23)25;1-17-6-4-11(5-7-17)16-13-8-10(9-15)2-3-12(13)14/h6-11,16,21H,4-5,12-15H2,1-3H3;2-3,8,11,16H,4-7H2,1H3. The van der Waals surface area contributed by atoms with Crippen LogP contribution in [0.5, 0.6) is 0 Å². The minimum absolute atomic E-state index is 0.00458. The molecule has 47 heavy (non-hydrogen) atoms. The highest BCUT2D eigenvalue weighted by Gasteiger charge is 2.27. The number of piperidine rings is 2. The zero-order chi connectivity index (χ0) is 33.9. The Morgan fingerprint density at radius 1 is 0.809 bits per heavy atom. The van der Waals surface area contributed by atoms with E-state index < -0.39 is 0 Å². The molecule has 0 bridgehead atoms. The van der Waals surface area contributed by atoms with E-state index >= 15 is 0 Å². The number of halogens is 2.